The zero-order valence-corrected chi connectivity index (χ0v) is 14.8. The summed E-state index contributed by atoms with van der Waals surface area (Å²) < 4.78 is 6.55. The van der Waals surface area contributed by atoms with Crippen LogP contribution in [0.25, 0.3) is 0 Å². The van der Waals surface area contributed by atoms with Crippen molar-refractivity contribution in [2.24, 2.45) is 0 Å². The number of esters is 1. The van der Waals surface area contributed by atoms with Gasteiger partial charge in [0.15, 0.2) is 0 Å². The lowest BCUT2D eigenvalue weighted by atomic mass is 10.2. The maximum absolute atomic E-state index is 11.0. The third-order valence-electron chi connectivity index (χ3n) is 2.36. The Balaban J connectivity index is 0.000000219. The minimum Gasteiger partial charge on any atom is -0.478 e. The summed E-state index contributed by atoms with van der Waals surface area (Å²) in [7, 11) is 1.37. The lowest BCUT2D eigenvalue weighted by molar-refractivity contribution is 0.0599. The van der Waals surface area contributed by atoms with Crippen molar-refractivity contribution in [1.29, 1.82) is 0 Å². The van der Waals surface area contributed by atoms with Gasteiger partial charge in [-0.25, -0.2) is 9.59 Å². The number of aromatic carboxylic acids is 1. The van der Waals surface area contributed by atoms with Crippen molar-refractivity contribution in [3.05, 3.63) is 67.7 Å². The summed E-state index contributed by atoms with van der Waals surface area (Å²) in [6, 6.07) is 13.6. The molecule has 21 heavy (non-hydrogen) atoms. The van der Waals surface area contributed by atoms with E-state index < -0.39 is 5.97 Å². The molecule has 0 radical (unpaired) electrons. The van der Waals surface area contributed by atoms with E-state index in [2.05, 4.69) is 43.3 Å². The first kappa shape index (κ1) is 17.6. The largest absolute Gasteiger partial charge is 0.478 e. The summed E-state index contributed by atoms with van der Waals surface area (Å²) in [5, 5.41) is 8.38. The first-order chi connectivity index (χ1) is 9.95. The highest BCUT2D eigenvalue weighted by Crippen LogP contribution is 2.20. The normalized spacial score (nSPS) is 9.29. The fourth-order valence-electron chi connectivity index (χ4n) is 1.32. The molecule has 4 nitrogen and oxygen atoms in total. The highest BCUT2D eigenvalue weighted by Gasteiger charge is 2.06. The highest BCUT2D eigenvalue weighted by atomic mass is 127. The molecule has 1 N–H and O–H groups in total. The number of halogens is 2. The third-order valence-corrected chi connectivity index (χ3v) is 4.70. The number of ether oxygens (including phenoxy) is 1. The zero-order valence-electron chi connectivity index (χ0n) is 11.0. The molecule has 0 amide bonds. The van der Waals surface area contributed by atoms with Crippen LogP contribution >= 0.6 is 38.5 Å². The van der Waals surface area contributed by atoms with Crippen molar-refractivity contribution in [3.8, 4) is 0 Å². The van der Waals surface area contributed by atoms with E-state index in [1.807, 2.05) is 6.07 Å². The Morgan fingerprint density at radius 2 is 1.71 bits per heavy atom. The van der Waals surface area contributed by atoms with Gasteiger partial charge in [0.25, 0.3) is 0 Å². The van der Waals surface area contributed by atoms with Gasteiger partial charge < -0.3 is 9.84 Å². The van der Waals surface area contributed by atoms with E-state index in [9.17, 15) is 9.59 Å². The summed E-state index contributed by atoms with van der Waals surface area (Å²) in [6.07, 6.45) is 0. The summed E-state index contributed by atoms with van der Waals surface area (Å²) in [5.74, 6) is -1.19. The molecule has 0 fully saturated rings. The number of carbonyl (C=O) groups is 2. The van der Waals surface area contributed by atoms with Crippen molar-refractivity contribution in [3.63, 3.8) is 0 Å². The first-order valence-corrected chi connectivity index (χ1v) is 7.64. The Kier molecular flexibility index (Phi) is 7.38. The molecule has 2 aromatic rings. The van der Waals surface area contributed by atoms with Crippen LogP contribution in [0.2, 0.25) is 0 Å². The molecule has 0 saturated carbocycles. The van der Waals surface area contributed by atoms with Crippen LogP contribution in [-0.2, 0) is 4.74 Å². The van der Waals surface area contributed by atoms with Gasteiger partial charge >= 0.3 is 11.9 Å². The molecule has 0 saturated heterocycles. The summed E-state index contributed by atoms with van der Waals surface area (Å²) in [4.78, 5) is 21.2. The predicted molar refractivity (Wildman–Crippen MR) is 91.6 cm³/mol. The van der Waals surface area contributed by atoms with Gasteiger partial charge in [-0.3, -0.25) is 0 Å². The molecule has 0 aliphatic rings. The van der Waals surface area contributed by atoms with Crippen molar-refractivity contribution in [2.45, 2.75) is 0 Å². The van der Waals surface area contributed by atoms with Crippen LogP contribution in [0.1, 0.15) is 20.7 Å². The molecule has 0 aromatic heterocycles. The second-order valence-corrected chi connectivity index (χ2v) is 5.81. The standard InChI is InChI=1S/C8H6BrIO2.C7H6O2/c1-12-8(11)5-2-3-7(10)6(9)4-5;8-7(9)6-4-2-1-3-5-6/h2-4H,1H3;1-5H,(H,8,9). The number of benzene rings is 2. The Morgan fingerprint density at radius 3 is 2.14 bits per heavy atom. The lowest BCUT2D eigenvalue weighted by Crippen LogP contribution is -2.00. The van der Waals surface area contributed by atoms with E-state index in [1.54, 1.807) is 42.5 Å². The number of carboxylic acid groups (broad SMARTS) is 1. The van der Waals surface area contributed by atoms with E-state index in [-0.39, 0.29) is 5.97 Å². The van der Waals surface area contributed by atoms with Crippen LogP contribution in [0, 0.1) is 3.57 Å². The van der Waals surface area contributed by atoms with E-state index in [1.165, 1.54) is 7.11 Å². The van der Waals surface area contributed by atoms with Gasteiger partial charge in [-0.2, -0.15) is 0 Å². The van der Waals surface area contributed by atoms with Crippen molar-refractivity contribution < 1.29 is 19.4 Å². The van der Waals surface area contributed by atoms with Crippen LogP contribution < -0.4 is 0 Å². The Morgan fingerprint density at radius 1 is 1.10 bits per heavy atom. The van der Waals surface area contributed by atoms with Crippen molar-refractivity contribution >= 4 is 50.5 Å². The van der Waals surface area contributed by atoms with E-state index in [0.717, 1.165) is 8.04 Å². The Hall–Kier alpha value is -1.41. The number of carboxylic acids is 1. The average molecular weight is 463 g/mol. The second-order valence-electron chi connectivity index (χ2n) is 3.79. The Bertz CT molecular complexity index is 629. The van der Waals surface area contributed by atoms with Gasteiger partial charge in [0.2, 0.25) is 0 Å². The third kappa shape index (κ3) is 5.84. The maximum atomic E-state index is 11.0. The van der Waals surface area contributed by atoms with Gasteiger partial charge in [0, 0.05) is 8.04 Å². The molecule has 0 unspecified atom stereocenters. The molecule has 0 aliphatic heterocycles. The maximum Gasteiger partial charge on any atom is 0.337 e. The molecule has 6 heteroatoms. The molecule has 0 atom stereocenters. The lowest BCUT2D eigenvalue weighted by Gasteiger charge is -2.00. The number of carbonyl (C=O) groups excluding carboxylic acids is 1. The minimum absolute atomic E-state index is 0.313. The highest BCUT2D eigenvalue weighted by molar-refractivity contribution is 14.1. The zero-order chi connectivity index (χ0) is 15.8. The number of rotatable bonds is 2. The topological polar surface area (TPSA) is 63.6 Å². The van der Waals surface area contributed by atoms with Crippen molar-refractivity contribution in [1.82, 2.24) is 0 Å². The number of hydrogen-bond acceptors (Lipinski definition) is 3. The smallest absolute Gasteiger partial charge is 0.337 e. The molecular weight excluding hydrogens is 451 g/mol. The molecule has 2 aromatic carbocycles. The molecule has 0 heterocycles. The summed E-state index contributed by atoms with van der Waals surface area (Å²) in [5.41, 5.74) is 0.891. The van der Waals surface area contributed by atoms with Crippen LogP contribution in [-0.4, -0.2) is 24.2 Å². The summed E-state index contributed by atoms with van der Waals surface area (Å²) in [6.45, 7) is 0. The van der Waals surface area contributed by atoms with Gasteiger partial charge in [-0.05, 0) is 68.9 Å². The molecule has 0 aliphatic carbocycles. The molecule has 110 valence electrons. The number of methoxy groups -OCH3 is 1. The van der Waals surface area contributed by atoms with Gasteiger partial charge in [-0.15, -0.1) is 0 Å². The Labute approximate surface area is 144 Å². The SMILES string of the molecule is COC(=O)c1ccc(I)c(Br)c1.O=C(O)c1ccccc1. The second kappa shape index (κ2) is 8.78. The number of hydrogen-bond donors (Lipinski definition) is 1. The van der Waals surface area contributed by atoms with Crippen LogP contribution in [0.4, 0.5) is 0 Å². The van der Waals surface area contributed by atoms with Gasteiger partial charge in [0.1, 0.15) is 0 Å². The molecule has 0 spiro atoms. The minimum atomic E-state index is -0.879. The quantitative estimate of drug-likeness (QED) is 0.536. The molecular formula is C15H12BrIO4. The van der Waals surface area contributed by atoms with Crippen LogP contribution in [0.3, 0.4) is 0 Å². The van der Waals surface area contributed by atoms with E-state index in [4.69, 9.17) is 5.11 Å². The molecule has 2 rings (SSSR count). The monoisotopic (exact) mass is 462 g/mol. The summed E-state index contributed by atoms with van der Waals surface area (Å²) >= 11 is 5.51. The van der Waals surface area contributed by atoms with Crippen LogP contribution in [0.5, 0.6) is 0 Å². The van der Waals surface area contributed by atoms with Crippen molar-refractivity contribution in [2.75, 3.05) is 7.11 Å². The fourth-order valence-corrected chi connectivity index (χ4v) is 2.04. The van der Waals surface area contributed by atoms with Gasteiger partial charge in [0.05, 0.1) is 18.2 Å². The van der Waals surface area contributed by atoms with E-state index >= 15 is 0 Å². The van der Waals surface area contributed by atoms with Crippen LogP contribution in [0.15, 0.2) is 53.0 Å². The molecule has 0 bridgehead atoms. The fraction of sp³-hybridized carbons (Fsp3) is 0.0667. The first-order valence-electron chi connectivity index (χ1n) is 5.77. The average Bonchev–Trinajstić information content (AvgIpc) is 2.50. The predicted octanol–water partition coefficient (Wildman–Crippen LogP) is 4.23. The van der Waals surface area contributed by atoms with E-state index in [0.29, 0.717) is 11.1 Å². The van der Waals surface area contributed by atoms with Gasteiger partial charge in [-0.1, -0.05) is 18.2 Å².